The highest BCUT2D eigenvalue weighted by atomic mass is 79.9. The molecule has 0 bridgehead atoms. The molecule has 20 heavy (non-hydrogen) atoms. The largest absolute Gasteiger partial charge is 0.376 e. The lowest BCUT2D eigenvalue weighted by atomic mass is 10.1. The van der Waals surface area contributed by atoms with Gasteiger partial charge in [-0.05, 0) is 43.9 Å². The van der Waals surface area contributed by atoms with Crippen molar-refractivity contribution in [1.82, 2.24) is 5.32 Å². The Balaban J connectivity index is 1.79. The van der Waals surface area contributed by atoms with Crippen LogP contribution in [0.3, 0.4) is 0 Å². The molecule has 1 aliphatic heterocycles. The summed E-state index contributed by atoms with van der Waals surface area (Å²) in [4.78, 5) is 2.40. The highest BCUT2D eigenvalue weighted by Crippen LogP contribution is 2.30. The molecular weight excluding hydrogens is 316 g/mol. The van der Waals surface area contributed by atoms with E-state index in [0.717, 1.165) is 30.1 Å². The Morgan fingerprint density at radius 3 is 2.80 bits per heavy atom. The molecule has 0 radical (unpaired) electrons. The van der Waals surface area contributed by atoms with Crippen LogP contribution in [-0.4, -0.2) is 31.8 Å². The van der Waals surface area contributed by atoms with E-state index in [9.17, 15) is 0 Å². The van der Waals surface area contributed by atoms with Gasteiger partial charge in [0.2, 0.25) is 0 Å². The minimum absolute atomic E-state index is 0.309. The first-order chi connectivity index (χ1) is 9.65. The third-order valence-electron chi connectivity index (χ3n) is 4.42. The molecule has 4 heteroatoms. The summed E-state index contributed by atoms with van der Waals surface area (Å²) < 4.78 is 6.86. The fourth-order valence-electron chi connectivity index (χ4n) is 2.96. The summed E-state index contributed by atoms with van der Waals surface area (Å²) in [6, 6.07) is 7.81. The van der Waals surface area contributed by atoms with Gasteiger partial charge in [0.25, 0.3) is 0 Å². The predicted octanol–water partition coefficient (Wildman–Crippen LogP) is 3.31. The van der Waals surface area contributed by atoms with Gasteiger partial charge in [0.15, 0.2) is 0 Å². The van der Waals surface area contributed by atoms with Gasteiger partial charge in [-0.3, -0.25) is 0 Å². The summed E-state index contributed by atoms with van der Waals surface area (Å²) >= 11 is 3.60. The third-order valence-corrected chi connectivity index (χ3v) is 4.91. The van der Waals surface area contributed by atoms with Crippen molar-refractivity contribution in [3.8, 4) is 0 Å². The third kappa shape index (κ3) is 3.18. The molecule has 1 N–H and O–H groups in total. The van der Waals surface area contributed by atoms with Crippen LogP contribution >= 0.6 is 15.9 Å². The fraction of sp³-hybridized carbons (Fsp3) is 0.625. The lowest BCUT2D eigenvalue weighted by Gasteiger charge is -2.31. The molecule has 2 fully saturated rings. The molecule has 1 aromatic rings. The normalized spacial score (nSPS) is 25.9. The average molecular weight is 339 g/mol. The summed E-state index contributed by atoms with van der Waals surface area (Å²) in [5.74, 6) is 0. The van der Waals surface area contributed by atoms with Crippen LogP contribution in [0.25, 0.3) is 0 Å². The highest BCUT2D eigenvalue weighted by Gasteiger charge is 2.29. The molecule has 110 valence electrons. The van der Waals surface area contributed by atoms with E-state index >= 15 is 0 Å². The Kier molecular flexibility index (Phi) is 4.34. The second-order valence-electron chi connectivity index (χ2n) is 5.97. The molecule has 0 aromatic heterocycles. The molecule has 3 nitrogen and oxygen atoms in total. The Labute approximate surface area is 129 Å². The van der Waals surface area contributed by atoms with Crippen molar-refractivity contribution >= 4 is 21.6 Å². The van der Waals surface area contributed by atoms with E-state index in [4.69, 9.17) is 4.74 Å². The van der Waals surface area contributed by atoms with E-state index in [2.05, 4.69) is 58.3 Å². The van der Waals surface area contributed by atoms with Gasteiger partial charge in [-0.1, -0.05) is 22.0 Å². The highest BCUT2D eigenvalue weighted by molar-refractivity contribution is 9.10. The maximum Gasteiger partial charge on any atom is 0.0750 e. The van der Waals surface area contributed by atoms with Crippen LogP contribution in [0.15, 0.2) is 22.7 Å². The van der Waals surface area contributed by atoms with E-state index in [1.54, 1.807) is 0 Å². The van der Waals surface area contributed by atoms with Gasteiger partial charge in [-0.15, -0.1) is 0 Å². The molecule has 3 rings (SSSR count). The number of anilines is 1. The molecule has 2 unspecified atom stereocenters. The molecule has 1 aliphatic carbocycles. The number of nitrogens with zero attached hydrogens (tertiary/aromatic N) is 1. The lowest BCUT2D eigenvalue weighted by Crippen LogP contribution is -2.37. The number of likely N-dealkylation sites (N-methyl/N-ethyl adjacent to an activating group) is 1. The van der Waals surface area contributed by atoms with Crippen LogP contribution in [0, 0.1) is 0 Å². The number of ether oxygens (including phenoxy) is 1. The Hall–Kier alpha value is -0.580. The molecule has 1 heterocycles. The fourth-order valence-corrected chi connectivity index (χ4v) is 3.31. The van der Waals surface area contributed by atoms with E-state index in [-0.39, 0.29) is 0 Å². The van der Waals surface area contributed by atoms with Crippen molar-refractivity contribution in [1.29, 1.82) is 0 Å². The smallest absolute Gasteiger partial charge is 0.0750 e. The van der Waals surface area contributed by atoms with Crippen LogP contribution in [0.1, 0.15) is 31.7 Å². The van der Waals surface area contributed by atoms with Crippen molar-refractivity contribution in [2.45, 2.75) is 50.9 Å². The first kappa shape index (κ1) is 14.4. The van der Waals surface area contributed by atoms with Gasteiger partial charge in [-0.25, -0.2) is 0 Å². The van der Waals surface area contributed by atoms with Crippen LogP contribution < -0.4 is 10.2 Å². The first-order valence-electron chi connectivity index (χ1n) is 7.51. The van der Waals surface area contributed by atoms with Crippen LogP contribution in [0.2, 0.25) is 0 Å². The summed E-state index contributed by atoms with van der Waals surface area (Å²) in [7, 11) is 2.19. The van der Waals surface area contributed by atoms with E-state index in [0.29, 0.717) is 12.1 Å². The number of halogens is 1. The molecule has 1 saturated carbocycles. The van der Waals surface area contributed by atoms with Gasteiger partial charge in [0.05, 0.1) is 12.1 Å². The average Bonchev–Trinajstić information content (AvgIpc) is 3.17. The Bertz CT molecular complexity index is 476. The molecular formula is C16H23BrN2O. The topological polar surface area (TPSA) is 24.5 Å². The molecule has 1 saturated heterocycles. The SMILES string of the molecule is CC1OCCC1N(C)c1cc(Br)ccc1CNC1CC1. The Morgan fingerprint density at radius 1 is 1.35 bits per heavy atom. The Morgan fingerprint density at radius 2 is 2.15 bits per heavy atom. The molecule has 2 aliphatic rings. The van der Waals surface area contributed by atoms with Crippen LogP contribution in [0.5, 0.6) is 0 Å². The standard InChI is InChI=1S/C16H23BrN2O/c1-11-15(7-8-20-11)19(2)16-9-13(17)4-3-12(16)10-18-14-5-6-14/h3-4,9,11,14-15,18H,5-8,10H2,1-2H3. The van der Waals surface area contributed by atoms with Crippen LogP contribution in [-0.2, 0) is 11.3 Å². The summed E-state index contributed by atoms with van der Waals surface area (Å²) in [6.07, 6.45) is 4.08. The molecule has 0 spiro atoms. The van der Waals surface area contributed by atoms with Crippen LogP contribution in [0.4, 0.5) is 5.69 Å². The molecule has 2 atom stereocenters. The molecule has 0 amide bonds. The van der Waals surface area contributed by atoms with Gasteiger partial charge < -0.3 is 15.0 Å². The van der Waals surface area contributed by atoms with Crippen molar-refractivity contribution in [2.75, 3.05) is 18.6 Å². The van der Waals surface area contributed by atoms with E-state index in [1.807, 2.05) is 0 Å². The maximum atomic E-state index is 5.72. The van der Waals surface area contributed by atoms with Gasteiger partial charge >= 0.3 is 0 Å². The zero-order valence-corrected chi connectivity index (χ0v) is 13.8. The van der Waals surface area contributed by atoms with Crippen molar-refractivity contribution in [3.05, 3.63) is 28.2 Å². The number of hydrogen-bond donors (Lipinski definition) is 1. The lowest BCUT2D eigenvalue weighted by molar-refractivity contribution is 0.118. The second kappa shape index (κ2) is 6.04. The van der Waals surface area contributed by atoms with Gasteiger partial charge in [-0.2, -0.15) is 0 Å². The monoisotopic (exact) mass is 338 g/mol. The van der Waals surface area contributed by atoms with Crippen molar-refractivity contribution < 1.29 is 4.74 Å². The minimum atomic E-state index is 0.309. The zero-order chi connectivity index (χ0) is 14.1. The van der Waals surface area contributed by atoms with Gasteiger partial charge in [0.1, 0.15) is 0 Å². The number of benzene rings is 1. The van der Waals surface area contributed by atoms with E-state index < -0.39 is 0 Å². The second-order valence-corrected chi connectivity index (χ2v) is 6.89. The molecule has 1 aromatic carbocycles. The predicted molar refractivity (Wildman–Crippen MR) is 86.2 cm³/mol. The van der Waals surface area contributed by atoms with Gasteiger partial charge in [0, 0.05) is 36.4 Å². The minimum Gasteiger partial charge on any atom is -0.376 e. The maximum absolute atomic E-state index is 5.72. The summed E-state index contributed by atoms with van der Waals surface area (Å²) in [5, 5.41) is 3.62. The zero-order valence-electron chi connectivity index (χ0n) is 12.2. The van der Waals surface area contributed by atoms with E-state index in [1.165, 1.54) is 24.1 Å². The number of rotatable bonds is 5. The number of nitrogens with one attached hydrogen (secondary N) is 1. The van der Waals surface area contributed by atoms with Crippen molar-refractivity contribution in [2.24, 2.45) is 0 Å². The summed E-state index contributed by atoms with van der Waals surface area (Å²) in [5.41, 5.74) is 2.69. The first-order valence-corrected chi connectivity index (χ1v) is 8.30. The van der Waals surface area contributed by atoms with Crippen molar-refractivity contribution in [3.63, 3.8) is 0 Å². The number of hydrogen-bond acceptors (Lipinski definition) is 3. The summed E-state index contributed by atoms with van der Waals surface area (Å²) in [6.45, 7) is 4.01. The quantitative estimate of drug-likeness (QED) is 0.891.